The first-order chi connectivity index (χ1) is 23.8. The largest absolute Gasteiger partial charge is 0.455 e. The summed E-state index contributed by atoms with van der Waals surface area (Å²) in [5.41, 5.74) is 12.2. The molecule has 0 N–H and O–H groups in total. The van der Waals surface area contributed by atoms with Crippen LogP contribution in [0.25, 0.3) is 72.3 Å². The minimum Gasteiger partial charge on any atom is -0.455 e. The van der Waals surface area contributed by atoms with Gasteiger partial charge in [-0.25, -0.2) is 4.98 Å². The third-order valence-electron chi connectivity index (χ3n) is 9.46. The number of imidazole rings is 1. The zero-order valence-corrected chi connectivity index (χ0v) is 27.8. The van der Waals surface area contributed by atoms with Crippen molar-refractivity contribution >= 4 is 38.7 Å². The molecule has 0 spiro atoms. The Balaban J connectivity index is 1.37. The molecule has 0 radical (unpaired) electrons. The number of fused-ring (bicyclic) bond motifs is 4. The fraction of sp³-hybridized carbons (Fsp3) is 0.140. The van der Waals surface area contributed by atoms with Gasteiger partial charge in [0.1, 0.15) is 17.0 Å². The van der Waals surface area contributed by atoms with Crippen LogP contribution in [0, 0.1) is 10.1 Å². The standard InChI is InChI=1S/C43H35N3O3/c1-26(2)36-23-31(30-19-17-29(18-20-30)28-11-6-5-7-12-28)24-37(27(3)4)41(36)45-39-16-9-8-15-38(39)44-43(45)35-14-10-13-34-33-22-21-32(46(47)48)25-40(33)49-42(34)35/h5-27H,1-4H3. The monoisotopic (exact) mass is 641 g/mol. The van der Waals surface area contributed by atoms with Crippen LogP contribution in [0.3, 0.4) is 0 Å². The van der Waals surface area contributed by atoms with E-state index in [0.29, 0.717) is 11.2 Å². The van der Waals surface area contributed by atoms with Gasteiger partial charge >= 0.3 is 0 Å². The lowest BCUT2D eigenvalue weighted by atomic mass is 9.87. The number of hydrogen-bond donors (Lipinski definition) is 0. The number of para-hydroxylation sites is 3. The van der Waals surface area contributed by atoms with E-state index in [2.05, 4.69) is 105 Å². The molecule has 6 nitrogen and oxygen atoms in total. The highest BCUT2D eigenvalue weighted by Crippen LogP contribution is 2.43. The molecule has 0 saturated heterocycles. The highest BCUT2D eigenvalue weighted by molar-refractivity contribution is 6.10. The van der Waals surface area contributed by atoms with E-state index in [-0.39, 0.29) is 17.5 Å². The number of nitrogens with zero attached hydrogens (tertiary/aromatic N) is 3. The van der Waals surface area contributed by atoms with Gasteiger partial charge in [0, 0.05) is 16.8 Å². The molecule has 0 unspecified atom stereocenters. The summed E-state index contributed by atoms with van der Waals surface area (Å²) >= 11 is 0. The summed E-state index contributed by atoms with van der Waals surface area (Å²) in [5, 5.41) is 13.3. The molecule has 0 aliphatic heterocycles. The van der Waals surface area contributed by atoms with Gasteiger partial charge in [0.05, 0.1) is 33.3 Å². The molecule has 0 aliphatic carbocycles. The highest BCUT2D eigenvalue weighted by Gasteiger charge is 2.25. The predicted molar refractivity (Wildman–Crippen MR) is 199 cm³/mol. The van der Waals surface area contributed by atoms with Crippen LogP contribution in [-0.2, 0) is 0 Å². The first-order valence-corrected chi connectivity index (χ1v) is 16.7. The van der Waals surface area contributed by atoms with Crippen LogP contribution in [-0.4, -0.2) is 14.5 Å². The number of benzene rings is 6. The quantitative estimate of drug-likeness (QED) is 0.128. The van der Waals surface area contributed by atoms with Gasteiger partial charge < -0.3 is 4.42 Å². The number of nitro groups is 1. The lowest BCUT2D eigenvalue weighted by Crippen LogP contribution is -2.09. The van der Waals surface area contributed by atoms with Crippen molar-refractivity contribution in [2.75, 3.05) is 0 Å². The molecule has 0 amide bonds. The summed E-state index contributed by atoms with van der Waals surface area (Å²) in [7, 11) is 0. The van der Waals surface area contributed by atoms with Crippen LogP contribution < -0.4 is 0 Å². The van der Waals surface area contributed by atoms with Crippen LogP contribution in [0.2, 0.25) is 0 Å². The molecule has 0 fully saturated rings. The van der Waals surface area contributed by atoms with Crippen LogP contribution >= 0.6 is 0 Å². The van der Waals surface area contributed by atoms with Gasteiger partial charge in [-0.1, -0.05) is 107 Å². The van der Waals surface area contributed by atoms with Crippen LogP contribution in [0.5, 0.6) is 0 Å². The summed E-state index contributed by atoms with van der Waals surface area (Å²) in [5.74, 6) is 1.20. The highest BCUT2D eigenvalue weighted by atomic mass is 16.6. The molecule has 8 rings (SSSR count). The van der Waals surface area contributed by atoms with Gasteiger partial charge in [-0.15, -0.1) is 0 Å². The zero-order valence-electron chi connectivity index (χ0n) is 27.8. The third kappa shape index (κ3) is 5.17. The van der Waals surface area contributed by atoms with E-state index < -0.39 is 4.92 Å². The topological polar surface area (TPSA) is 74.1 Å². The van der Waals surface area contributed by atoms with Crippen molar-refractivity contribution < 1.29 is 9.34 Å². The van der Waals surface area contributed by atoms with E-state index in [4.69, 9.17) is 9.40 Å². The Labute approximate surface area is 284 Å². The fourth-order valence-corrected chi connectivity index (χ4v) is 6.98. The van der Waals surface area contributed by atoms with Crippen LogP contribution in [0.1, 0.15) is 50.7 Å². The van der Waals surface area contributed by atoms with Crippen LogP contribution in [0.15, 0.2) is 132 Å². The van der Waals surface area contributed by atoms with Gasteiger partial charge in [0.2, 0.25) is 0 Å². The Morgan fingerprint density at radius 2 is 1.29 bits per heavy atom. The molecule has 0 atom stereocenters. The number of aromatic nitrogens is 2. The fourth-order valence-electron chi connectivity index (χ4n) is 6.98. The van der Waals surface area contributed by atoms with Crippen molar-refractivity contribution in [3.05, 3.63) is 149 Å². The predicted octanol–water partition coefficient (Wildman–Crippen LogP) is 12.1. The Morgan fingerprint density at radius 3 is 1.96 bits per heavy atom. The Kier molecular flexibility index (Phi) is 7.37. The van der Waals surface area contributed by atoms with Crippen molar-refractivity contribution in [2.45, 2.75) is 39.5 Å². The van der Waals surface area contributed by atoms with E-state index in [1.165, 1.54) is 45.5 Å². The smallest absolute Gasteiger partial charge is 0.273 e. The SMILES string of the molecule is CC(C)c1cc(-c2ccc(-c3ccccc3)cc2)cc(C(C)C)c1-n1c(-c2cccc3c2oc2cc([N+](=O)[O-])ccc23)nc2ccccc21. The molecule has 2 heterocycles. The maximum Gasteiger partial charge on any atom is 0.273 e. The Bertz CT molecular complexity index is 2490. The van der Waals surface area contributed by atoms with E-state index in [1.54, 1.807) is 6.07 Å². The molecule has 49 heavy (non-hydrogen) atoms. The van der Waals surface area contributed by atoms with Gasteiger partial charge in [-0.05, 0) is 81.6 Å². The number of hydrogen-bond acceptors (Lipinski definition) is 4. The maximum atomic E-state index is 11.6. The van der Waals surface area contributed by atoms with Gasteiger partial charge in [-0.3, -0.25) is 14.7 Å². The summed E-state index contributed by atoms with van der Waals surface area (Å²) < 4.78 is 8.73. The molecular weight excluding hydrogens is 606 g/mol. The molecule has 0 saturated carbocycles. The van der Waals surface area contributed by atoms with Crippen molar-refractivity contribution in [2.24, 2.45) is 0 Å². The van der Waals surface area contributed by atoms with E-state index in [9.17, 15) is 10.1 Å². The molecule has 6 aromatic carbocycles. The van der Waals surface area contributed by atoms with Gasteiger partial charge in [-0.2, -0.15) is 0 Å². The first kappa shape index (κ1) is 30.3. The average Bonchev–Trinajstić information content (AvgIpc) is 3.69. The normalized spacial score (nSPS) is 11.8. The second-order valence-corrected chi connectivity index (χ2v) is 13.2. The van der Waals surface area contributed by atoms with Crippen molar-refractivity contribution in [3.8, 4) is 39.3 Å². The zero-order chi connectivity index (χ0) is 33.8. The third-order valence-corrected chi connectivity index (χ3v) is 9.46. The minimum absolute atomic E-state index is 0.00158. The lowest BCUT2D eigenvalue weighted by molar-refractivity contribution is -0.384. The van der Waals surface area contributed by atoms with E-state index in [0.717, 1.165) is 38.9 Å². The molecule has 0 aliphatic rings. The Hall–Kier alpha value is -6.01. The number of rotatable bonds is 7. The van der Waals surface area contributed by atoms with E-state index >= 15 is 0 Å². The minimum atomic E-state index is -0.394. The average molecular weight is 642 g/mol. The molecule has 240 valence electrons. The van der Waals surface area contributed by atoms with Crippen LogP contribution in [0.4, 0.5) is 5.69 Å². The van der Waals surface area contributed by atoms with E-state index in [1.807, 2.05) is 36.4 Å². The second-order valence-electron chi connectivity index (χ2n) is 13.2. The summed E-state index contributed by atoms with van der Waals surface area (Å²) in [6, 6.07) is 43.0. The summed E-state index contributed by atoms with van der Waals surface area (Å²) in [6.07, 6.45) is 0. The Morgan fingerprint density at radius 1 is 0.653 bits per heavy atom. The molecule has 6 heteroatoms. The van der Waals surface area contributed by atoms with Gasteiger partial charge in [0.15, 0.2) is 0 Å². The summed E-state index contributed by atoms with van der Waals surface area (Å²) in [6.45, 7) is 8.99. The molecule has 8 aromatic rings. The lowest BCUT2D eigenvalue weighted by Gasteiger charge is -2.24. The van der Waals surface area contributed by atoms with Crippen molar-refractivity contribution in [1.82, 2.24) is 9.55 Å². The van der Waals surface area contributed by atoms with Crippen molar-refractivity contribution in [1.29, 1.82) is 0 Å². The molecular formula is C43H35N3O3. The second kappa shape index (κ2) is 11.9. The molecule has 0 bridgehead atoms. The maximum absolute atomic E-state index is 11.6. The van der Waals surface area contributed by atoms with Crippen molar-refractivity contribution in [3.63, 3.8) is 0 Å². The first-order valence-electron chi connectivity index (χ1n) is 16.7. The number of non-ortho nitro benzene ring substituents is 1. The number of furan rings is 1. The van der Waals surface area contributed by atoms with Gasteiger partial charge in [0.25, 0.3) is 5.69 Å². The summed E-state index contributed by atoms with van der Waals surface area (Å²) in [4.78, 5) is 16.4. The number of nitro benzene ring substituents is 1. The molecule has 2 aromatic heterocycles.